The van der Waals surface area contributed by atoms with Crippen LogP contribution in [0.2, 0.25) is 0 Å². The Hall–Kier alpha value is -0.600. The molecule has 76 valence electrons. The van der Waals surface area contributed by atoms with Crippen molar-refractivity contribution in [2.45, 2.75) is 32.7 Å². The van der Waals surface area contributed by atoms with E-state index in [-0.39, 0.29) is 0 Å². The normalized spacial score (nSPS) is 14.4. The minimum atomic E-state index is 0.933. The van der Waals surface area contributed by atoms with Crippen LogP contribution in [0.3, 0.4) is 0 Å². The maximum Gasteiger partial charge on any atom is 0.0302 e. The van der Waals surface area contributed by atoms with Crippen molar-refractivity contribution in [1.29, 1.82) is 0 Å². The van der Waals surface area contributed by atoms with Crippen LogP contribution in [0, 0.1) is 0 Å². The molecule has 0 radical (unpaired) electrons. The first-order valence-electron chi connectivity index (χ1n) is 5.21. The second kappa shape index (κ2) is 4.28. The summed E-state index contributed by atoms with van der Waals surface area (Å²) in [4.78, 5) is 3.10. The van der Waals surface area contributed by atoms with E-state index in [1.165, 1.54) is 29.7 Å². The summed E-state index contributed by atoms with van der Waals surface area (Å²) in [7, 11) is 0. The molecule has 0 fully saturated rings. The molecule has 0 amide bonds. The van der Waals surface area contributed by atoms with Crippen LogP contribution in [0.25, 0.3) is 0 Å². The number of hydrogen-bond acceptors (Lipinski definition) is 2. The minimum absolute atomic E-state index is 0.933. The molecule has 0 saturated carbocycles. The first-order valence-corrected chi connectivity index (χ1v) is 6.03. The molecule has 0 aromatic carbocycles. The molecular formula is C12H17NS. The van der Waals surface area contributed by atoms with Gasteiger partial charge in [-0.2, -0.15) is 0 Å². The second-order valence-corrected chi connectivity index (χ2v) is 5.30. The fraction of sp³-hybridized carbons (Fsp3) is 0.500. The number of hydrogen-bond donors (Lipinski definition) is 1. The Bertz CT molecular complexity index is 317. The molecule has 1 aliphatic rings. The van der Waals surface area contributed by atoms with Gasteiger partial charge in [0.15, 0.2) is 0 Å². The van der Waals surface area contributed by atoms with Crippen molar-refractivity contribution in [3.63, 3.8) is 0 Å². The molecule has 2 rings (SSSR count). The topological polar surface area (TPSA) is 12.0 Å². The summed E-state index contributed by atoms with van der Waals surface area (Å²) < 4.78 is 0. The van der Waals surface area contributed by atoms with Gasteiger partial charge in [-0.15, -0.1) is 11.3 Å². The van der Waals surface area contributed by atoms with E-state index in [1.54, 1.807) is 10.4 Å². The summed E-state index contributed by atoms with van der Waals surface area (Å²) >= 11 is 1.98. The highest BCUT2D eigenvalue weighted by molar-refractivity contribution is 7.12. The third-order valence-electron chi connectivity index (χ3n) is 2.52. The first kappa shape index (κ1) is 9.94. The zero-order chi connectivity index (χ0) is 9.97. The fourth-order valence-electron chi connectivity index (χ4n) is 1.88. The van der Waals surface area contributed by atoms with Gasteiger partial charge in [0.05, 0.1) is 0 Å². The second-order valence-electron chi connectivity index (χ2n) is 4.08. The summed E-state index contributed by atoms with van der Waals surface area (Å²) in [5, 5.41) is 3.40. The lowest BCUT2D eigenvalue weighted by Crippen LogP contribution is -2.14. The third kappa shape index (κ3) is 2.25. The van der Waals surface area contributed by atoms with Crippen molar-refractivity contribution in [2.75, 3.05) is 6.54 Å². The van der Waals surface area contributed by atoms with Gasteiger partial charge in [-0.1, -0.05) is 12.2 Å². The lowest BCUT2D eigenvalue weighted by molar-refractivity contribution is 0.749. The van der Waals surface area contributed by atoms with E-state index in [4.69, 9.17) is 0 Å². The molecule has 0 unspecified atom stereocenters. The summed E-state index contributed by atoms with van der Waals surface area (Å²) in [5.74, 6) is 0. The zero-order valence-corrected chi connectivity index (χ0v) is 9.54. The maximum absolute atomic E-state index is 3.88. The van der Waals surface area contributed by atoms with E-state index in [0.717, 1.165) is 13.1 Å². The van der Waals surface area contributed by atoms with E-state index in [2.05, 4.69) is 24.9 Å². The van der Waals surface area contributed by atoms with Gasteiger partial charge in [0.2, 0.25) is 0 Å². The van der Waals surface area contributed by atoms with E-state index in [9.17, 15) is 0 Å². The predicted molar refractivity (Wildman–Crippen MR) is 62.9 cm³/mol. The van der Waals surface area contributed by atoms with Crippen LogP contribution in [0.15, 0.2) is 18.2 Å². The summed E-state index contributed by atoms with van der Waals surface area (Å²) in [6.07, 6.45) is 3.97. The van der Waals surface area contributed by atoms with Crippen LogP contribution in [0.1, 0.15) is 28.7 Å². The summed E-state index contributed by atoms with van der Waals surface area (Å²) in [6.45, 7) is 7.87. The highest BCUT2D eigenvalue weighted by Gasteiger charge is 2.14. The minimum Gasteiger partial charge on any atom is -0.308 e. The molecule has 0 aliphatic heterocycles. The standard InChI is InChI=1S/C12H17NS/c1-9(2)7-13-8-11-6-10-4-3-5-12(10)14-11/h6,13H,1,3-5,7-8H2,2H3. The average Bonchev–Trinajstić information content (AvgIpc) is 2.62. The van der Waals surface area contributed by atoms with Crippen LogP contribution < -0.4 is 5.32 Å². The van der Waals surface area contributed by atoms with Gasteiger partial charge in [0.1, 0.15) is 0 Å². The van der Waals surface area contributed by atoms with Gasteiger partial charge in [-0.25, -0.2) is 0 Å². The highest BCUT2D eigenvalue weighted by atomic mass is 32.1. The molecule has 1 aromatic rings. The lowest BCUT2D eigenvalue weighted by Gasteiger charge is -2.01. The van der Waals surface area contributed by atoms with Crippen LogP contribution in [0.5, 0.6) is 0 Å². The fourth-order valence-corrected chi connectivity index (χ4v) is 3.11. The molecule has 1 aliphatic carbocycles. The van der Waals surface area contributed by atoms with Crippen molar-refractivity contribution >= 4 is 11.3 Å². The number of fused-ring (bicyclic) bond motifs is 1. The Labute approximate surface area is 89.8 Å². The van der Waals surface area contributed by atoms with Gasteiger partial charge in [-0.05, 0) is 37.8 Å². The van der Waals surface area contributed by atoms with Gasteiger partial charge >= 0.3 is 0 Å². The molecule has 1 N–H and O–H groups in total. The highest BCUT2D eigenvalue weighted by Crippen LogP contribution is 2.30. The monoisotopic (exact) mass is 207 g/mol. The number of nitrogens with one attached hydrogen (secondary N) is 1. The van der Waals surface area contributed by atoms with Crippen LogP contribution in [-0.2, 0) is 19.4 Å². The Morgan fingerprint density at radius 1 is 1.57 bits per heavy atom. The van der Waals surface area contributed by atoms with E-state index >= 15 is 0 Å². The Balaban J connectivity index is 1.88. The van der Waals surface area contributed by atoms with Crippen LogP contribution >= 0.6 is 11.3 Å². The molecule has 2 heteroatoms. The molecule has 0 atom stereocenters. The third-order valence-corrected chi connectivity index (χ3v) is 3.76. The van der Waals surface area contributed by atoms with Gasteiger partial charge < -0.3 is 5.32 Å². The molecule has 1 nitrogen and oxygen atoms in total. The molecule has 1 heterocycles. The molecule has 14 heavy (non-hydrogen) atoms. The Morgan fingerprint density at radius 3 is 3.14 bits per heavy atom. The van der Waals surface area contributed by atoms with Gasteiger partial charge in [-0.3, -0.25) is 0 Å². The van der Waals surface area contributed by atoms with Gasteiger partial charge in [0.25, 0.3) is 0 Å². The molecule has 0 saturated heterocycles. The van der Waals surface area contributed by atoms with Gasteiger partial charge in [0, 0.05) is 22.8 Å². The summed E-state index contributed by atoms with van der Waals surface area (Å²) in [5.41, 5.74) is 2.80. The number of rotatable bonds is 4. The molecule has 1 aromatic heterocycles. The SMILES string of the molecule is C=C(C)CNCc1cc2c(s1)CCC2. The quantitative estimate of drug-likeness (QED) is 0.749. The van der Waals surface area contributed by atoms with E-state index in [0.29, 0.717) is 0 Å². The van der Waals surface area contributed by atoms with Crippen molar-refractivity contribution in [2.24, 2.45) is 0 Å². The number of thiophene rings is 1. The Morgan fingerprint density at radius 2 is 2.43 bits per heavy atom. The average molecular weight is 207 g/mol. The van der Waals surface area contributed by atoms with Crippen molar-refractivity contribution in [3.05, 3.63) is 33.5 Å². The zero-order valence-electron chi connectivity index (χ0n) is 8.73. The largest absolute Gasteiger partial charge is 0.308 e. The van der Waals surface area contributed by atoms with Crippen LogP contribution in [0.4, 0.5) is 0 Å². The molecule has 0 spiro atoms. The van der Waals surface area contributed by atoms with E-state index in [1.807, 2.05) is 11.3 Å². The number of aryl methyl sites for hydroxylation is 2. The maximum atomic E-state index is 3.88. The van der Waals surface area contributed by atoms with Crippen molar-refractivity contribution < 1.29 is 0 Å². The van der Waals surface area contributed by atoms with Crippen molar-refractivity contribution in [3.8, 4) is 0 Å². The molecule has 0 bridgehead atoms. The lowest BCUT2D eigenvalue weighted by atomic mass is 10.2. The van der Waals surface area contributed by atoms with Crippen LogP contribution in [-0.4, -0.2) is 6.54 Å². The smallest absolute Gasteiger partial charge is 0.0302 e. The first-order chi connectivity index (χ1) is 6.75. The predicted octanol–water partition coefficient (Wildman–Crippen LogP) is 2.90. The van der Waals surface area contributed by atoms with Crippen molar-refractivity contribution in [1.82, 2.24) is 5.32 Å². The Kier molecular flexibility index (Phi) is 3.04. The van der Waals surface area contributed by atoms with E-state index < -0.39 is 0 Å². The molecular weight excluding hydrogens is 190 g/mol. The summed E-state index contributed by atoms with van der Waals surface area (Å²) in [6, 6.07) is 2.37.